The summed E-state index contributed by atoms with van der Waals surface area (Å²) in [6.45, 7) is 11.8. The van der Waals surface area contributed by atoms with Crippen LogP contribution in [0.4, 0.5) is 20.2 Å². The van der Waals surface area contributed by atoms with E-state index in [0.29, 0.717) is 16.9 Å². The van der Waals surface area contributed by atoms with Crippen LogP contribution in [-0.4, -0.2) is 14.2 Å². The first kappa shape index (κ1) is 23.1. The minimum atomic E-state index is -0.660. The van der Waals surface area contributed by atoms with E-state index in [1.54, 1.807) is 12.1 Å². The second kappa shape index (κ2) is 8.27. The zero-order valence-corrected chi connectivity index (χ0v) is 18.9. The third kappa shape index (κ3) is 4.86. The van der Waals surface area contributed by atoms with Crippen LogP contribution in [0.25, 0.3) is 0 Å². The van der Waals surface area contributed by atoms with E-state index < -0.39 is 17.0 Å². The summed E-state index contributed by atoms with van der Waals surface area (Å²) in [5, 5.41) is 0.0123. The lowest BCUT2D eigenvalue weighted by molar-refractivity contribution is 0.386. The molecule has 0 radical (unpaired) electrons. The Labute approximate surface area is 176 Å². The highest BCUT2D eigenvalue weighted by molar-refractivity contribution is 6.32. The van der Waals surface area contributed by atoms with E-state index in [-0.39, 0.29) is 21.9 Å². The molecule has 0 saturated heterocycles. The lowest BCUT2D eigenvalue weighted by atomic mass is 9.86. The van der Waals surface area contributed by atoms with Gasteiger partial charge in [-0.1, -0.05) is 53.1 Å². The fraction of sp³-hybridized carbons (Fsp3) is 0.455. The molecule has 0 unspecified atom stereocenters. The molecule has 2 aromatic rings. The van der Waals surface area contributed by atoms with Crippen molar-refractivity contribution in [1.82, 2.24) is 0 Å². The van der Waals surface area contributed by atoms with Crippen LogP contribution in [0.2, 0.25) is 5.02 Å². The Bertz CT molecular complexity index is 903. The van der Waals surface area contributed by atoms with Crippen molar-refractivity contribution in [2.24, 2.45) is 0 Å². The maximum absolute atomic E-state index is 14.8. The predicted octanol–water partition coefficient (Wildman–Crippen LogP) is 6.67. The molecule has 0 heterocycles. The van der Waals surface area contributed by atoms with Gasteiger partial charge in [0.1, 0.15) is 0 Å². The zero-order valence-electron chi connectivity index (χ0n) is 18.2. The Morgan fingerprint density at radius 3 is 1.76 bits per heavy atom. The number of halogens is 3. The largest absolute Gasteiger partial charge is 0.492 e. The molecule has 0 aliphatic heterocycles. The van der Waals surface area contributed by atoms with Gasteiger partial charge >= 0.3 is 0 Å². The molecule has 0 amide bonds. The van der Waals surface area contributed by atoms with Gasteiger partial charge in [0.15, 0.2) is 23.1 Å². The molecule has 0 saturated carbocycles. The molecule has 0 spiro atoms. The Morgan fingerprint density at radius 2 is 1.31 bits per heavy atom. The molecular weight excluding hydrogens is 398 g/mol. The van der Waals surface area contributed by atoms with Crippen LogP contribution >= 0.6 is 11.6 Å². The molecule has 0 fully saturated rings. The van der Waals surface area contributed by atoms with Gasteiger partial charge in [-0.25, -0.2) is 8.78 Å². The Morgan fingerprint density at radius 1 is 0.793 bits per heavy atom. The zero-order chi connectivity index (χ0) is 22.1. The number of benzene rings is 2. The molecular formula is C22H29ClF2N2O2. The van der Waals surface area contributed by atoms with Crippen LogP contribution in [0, 0.1) is 11.6 Å². The van der Waals surface area contributed by atoms with Gasteiger partial charge in [-0.15, -0.1) is 0 Å². The number of hydrogen-bond acceptors (Lipinski definition) is 4. The third-order valence-electron chi connectivity index (χ3n) is 4.62. The molecule has 2 aromatic carbocycles. The monoisotopic (exact) mass is 426 g/mol. The SMILES string of the molecule is COc1c(F)cc(C(C)(C)C)cc1NNc1cc(C(C)(C)C)c(Cl)c(F)c1OC. The molecule has 0 aliphatic carbocycles. The highest BCUT2D eigenvalue weighted by atomic mass is 35.5. The molecule has 7 heteroatoms. The van der Waals surface area contributed by atoms with Crippen molar-refractivity contribution in [3.05, 3.63) is 46.0 Å². The minimum Gasteiger partial charge on any atom is -0.492 e. The van der Waals surface area contributed by atoms with Gasteiger partial charge < -0.3 is 9.47 Å². The van der Waals surface area contributed by atoms with E-state index in [1.807, 2.05) is 41.5 Å². The van der Waals surface area contributed by atoms with E-state index in [0.717, 1.165) is 5.56 Å². The summed E-state index contributed by atoms with van der Waals surface area (Å²) < 4.78 is 39.8. The van der Waals surface area contributed by atoms with Gasteiger partial charge in [0.25, 0.3) is 0 Å². The number of hydrazine groups is 1. The van der Waals surface area contributed by atoms with E-state index >= 15 is 0 Å². The Balaban J connectivity index is 2.51. The van der Waals surface area contributed by atoms with E-state index in [4.69, 9.17) is 21.1 Å². The van der Waals surface area contributed by atoms with Gasteiger partial charge in [0.05, 0.1) is 30.6 Å². The first-order valence-electron chi connectivity index (χ1n) is 9.27. The number of anilines is 2. The molecule has 0 atom stereocenters. The summed E-state index contributed by atoms with van der Waals surface area (Å²) in [6.07, 6.45) is 0. The van der Waals surface area contributed by atoms with Crippen molar-refractivity contribution in [3.63, 3.8) is 0 Å². The second-order valence-electron chi connectivity index (χ2n) is 8.92. The van der Waals surface area contributed by atoms with Crippen LogP contribution in [0.5, 0.6) is 11.5 Å². The lowest BCUT2D eigenvalue weighted by Gasteiger charge is -2.25. The van der Waals surface area contributed by atoms with E-state index in [2.05, 4.69) is 10.9 Å². The summed E-state index contributed by atoms with van der Waals surface area (Å²) in [5.74, 6) is -1.14. The van der Waals surface area contributed by atoms with Crippen LogP contribution in [-0.2, 0) is 10.8 Å². The van der Waals surface area contributed by atoms with Crippen molar-refractivity contribution in [3.8, 4) is 11.5 Å². The highest BCUT2D eigenvalue weighted by Gasteiger charge is 2.26. The van der Waals surface area contributed by atoms with E-state index in [9.17, 15) is 8.78 Å². The smallest absolute Gasteiger partial charge is 0.186 e. The number of rotatable bonds is 5. The predicted molar refractivity (Wildman–Crippen MR) is 116 cm³/mol. The summed E-state index contributed by atoms with van der Waals surface area (Å²) in [5.41, 5.74) is 7.30. The van der Waals surface area contributed by atoms with Crippen LogP contribution in [0.3, 0.4) is 0 Å². The van der Waals surface area contributed by atoms with Gasteiger partial charge in [0.2, 0.25) is 0 Å². The van der Waals surface area contributed by atoms with Crippen molar-refractivity contribution >= 4 is 23.0 Å². The Hall–Kier alpha value is -2.21. The minimum absolute atomic E-state index is 0.0123. The molecule has 4 nitrogen and oxygen atoms in total. The molecule has 29 heavy (non-hydrogen) atoms. The van der Waals surface area contributed by atoms with Crippen molar-refractivity contribution in [1.29, 1.82) is 0 Å². The maximum Gasteiger partial charge on any atom is 0.186 e. The van der Waals surface area contributed by atoms with Gasteiger partial charge in [0, 0.05) is 0 Å². The highest BCUT2D eigenvalue weighted by Crippen LogP contribution is 2.41. The summed E-state index contributed by atoms with van der Waals surface area (Å²) in [4.78, 5) is 0. The maximum atomic E-state index is 14.8. The van der Waals surface area contributed by atoms with Gasteiger partial charge in [-0.2, -0.15) is 0 Å². The van der Waals surface area contributed by atoms with Crippen LogP contribution < -0.4 is 20.3 Å². The van der Waals surface area contributed by atoms with Crippen LogP contribution in [0.15, 0.2) is 18.2 Å². The molecule has 160 valence electrons. The number of hydrogen-bond donors (Lipinski definition) is 2. The van der Waals surface area contributed by atoms with Gasteiger partial charge in [-0.3, -0.25) is 10.9 Å². The fourth-order valence-corrected chi connectivity index (χ4v) is 3.33. The Kier molecular flexibility index (Phi) is 6.58. The van der Waals surface area contributed by atoms with Crippen molar-refractivity contribution in [2.75, 3.05) is 25.1 Å². The first-order chi connectivity index (χ1) is 13.3. The quantitative estimate of drug-likeness (QED) is 0.524. The van der Waals surface area contributed by atoms with Crippen molar-refractivity contribution < 1.29 is 18.3 Å². The number of ether oxygens (including phenoxy) is 2. The molecule has 0 aromatic heterocycles. The second-order valence-corrected chi connectivity index (χ2v) is 9.30. The molecule has 0 bridgehead atoms. The van der Waals surface area contributed by atoms with Crippen LogP contribution in [0.1, 0.15) is 52.7 Å². The third-order valence-corrected chi connectivity index (χ3v) is 4.99. The topological polar surface area (TPSA) is 42.5 Å². The van der Waals surface area contributed by atoms with E-state index in [1.165, 1.54) is 20.3 Å². The number of nitrogens with one attached hydrogen (secondary N) is 2. The molecule has 2 rings (SSSR count). The van der Waals surface area contributed by atoms with Gasteiger partial charge in [-0.05, 0) is 40.2 Å². The normalized spacial score (nSPS) is 12.0. The molecule has 2 N–H and O–H groups in total. The average Bonchev–Trinajstić information content (AvgIpc) is 2.60. The summed E-state index contributed by atoms with van der Waals surface area (Å²) >= 11 is 6.22. The molecule has 0 aliphatic rings. The summed E-state index contributed by atoms with van der Waals surface area (Å²) in [6, 6.07) is 4.95. The average molecular weight is 427 g/mol. The standard InChI is InChI=1S/C22H29ClF2N2O2/c1-21(2,3)12-9-14(24)19(28-7)15(10-12)26-27-16-11-13(22(4,5)6)17(23)18(25)20(16)29-8/h9-11,26-27H,1-8H3. The lowest BCUT2D eigenvalue weighted by Crippen LogP contribution is -2.18. The summed E-state index contributed by atoms with van der Waals surface area (Å²) in [7, 11) is 2.75. The van der Waals surface area contributed by atoms with Crippen molar-refractivity contribution in [2.45, 2.75) is 52.4 Å². The number of methoxy groups -OCH3 is 2. The fourth-order valence-electron chi connectivity index (χ4n) is 2.91. The first-order valence-corrected chi connectivity index (χ1v) is 9.65.